The third kappa shape index (κ3) is 3.47. The zero-order valence-electron chi connectivity index (χ0n) is 16.0. The van der Waals surface area contributed by atoms with Gasteiger partial charge in [0.25, 0.3) is 0 Å². The van der Waals surface area contributed by atoms with Crippen molar-refractivity contribution >= 4 is 22.5 Å². The smallest absolute Gasteiger partial charge is 0.340 e. The number of hydrogen-bond donors (Lipinski definition) is 1. The van der Waals surface area contributed by atoms with Gasteiger partial charge in [-0.3, -0.25) is 4.98 Å². The second-order valence-corrected chi connectivity index (χ2v) is 7.33. The van der Waals surface area contributed by atoms with Crippen LogP contribution < -0.4 is 5.32 Å². The number of halogens is 3. The zero-order valence-corrected chi connectivity index (χ0v) is 16.0. The maximum atomic E-state index is 13.4. The molecule has 0 amide bonds. The maximum Gasteiger partial charge on any atom is 0.433 e. The Kier molecular flexibility index (Phi) is 4.19. The summed E-state index contributed by atoms with van der Waals surface area (Å²) in [4.78, 5) is 16.6. The first-order chi connectivity index (χ1) is 14.4. The minimum absolute atomic E-state index is 0.0235. The fraction of sp³-hybridized carbons (Fsp3) is 0.238. The van der Waals surface area contributed by atoms with Crippen LogP contribution in [0.5, 0.6) is 0 Å². The van der Waals surface area contributed by atoms with Gasteiger partial charge < -0.3 is 9.88 Å². The number of aromatic nitrogens is 5. The first-order valence-corrected chi connectivity index (χ1v) is 9.48. The molecule has 4 aromatic rings. The number of alkyl halides is 3. The quantitative estimate of drug-likeness (QED) is 0.509. The minimum Gasteiger partial charge on any atom is -0.340 e. The van der Waals surface area contributed by atoms with Crippen molar-refractivity contribution in [2.24, 2.45) is 7.05 Å². The Morgan fingerprint density at radius 3 is 2.47 bits per heavy atom. The lowest BCUT2D eigenvalue weighted by Crippen LogP contribution is -2.11. The van der Waals surface area contributed by atoms with E-state index in [9.17, 15) is 13.2 Å². The highest BCUT2D eigenvalue weighted by molar-refractivity contribution is 5.81. The fourth-order valence-electron chi connectivity index (χ4n) is 3.44. The lowest BCUT2D eigenvalue weighted by molar-refractivity contribution is -0.141. The molecule has 3 heterocycles. The third-order valence-corrected chi connectivity index (χ3v) is 5.09. The van der Waals surface area contributed by atoms with Crippen LogP contribution in [0.1, 0.15) is 30.3 Å². The average molecular weight is 410 g/mol. The van der Waals surface area contributed by atoms with Crippen molar-refractivity contribution in [3.05, 3.63) is 60.3 Å². The zero-order chi connectivity index (χ0) is 20.9. The summed E-state index contributed by atoms with van der Waals surface area (Å²) in [5.74, 6) is 1.58. The molecule has 1 saturated carbocycles. The van der Waals surface area contributed by atoms with Gasteiger partial charge in [-0.15, -0.1) is 0 Å². The molecule has 1 aliphatic rings. The van der Waals surface area contributed by atoms with Gasteiger partial charge in [0.05, 0.1) is 11.0 Å². The summed E-state index contributed by atoms with van der Waals surface area (Å²) >= 11 is 0. The Morgan fingerprint density at radius 2 is 1.77 bits per heavy atom. The molecule has 152 valence electrons. The molecule has 0 aliphatic heterocycles. The molecule has 1 N–H and O–H groups in total. The number of fused-ring (bicyclic) bond motifs is 1. The summed E-state index contributed by atoms with van der Waals surface area (Å²) in [6.45, 7) is 0. The minimum atomic E-state index is -4.59. The van der Waals surface area contributed by atoms with E-state index >= 15 is 0 Å². The highest BCUT2D eigenvalue weighted by atomic mass is 19.4. The molecule has 1 aromatic carbocycles. The normalized spacial score (nSPS) is 14.3. The van der Waals surface area contributed by atoms with E-state index in [1.165, 1.54) is 12.4 Å². The van der Waals surface area contributed by atoms with Gasteiger partial charge in [-0.05, 0) is 43.2 Å². The van der Waals surface area contributed by atoms with Crippen molar-refractivity contribution in [1.29, 1.82) is 0 Å². The predicted molar refractivity (Wildman–Crippen MR) is 106 cm³/mol. The highest BCUT2D eigenvalue weighted by Crippen LogP contribution is 2.40. The molecule has 6 nitrogen and oxygen atoms in total. The first-order valence-electron chi connectivity index (χ1n) is 9.48. The lowest BCUT2D eigenvalue weighted by Gasteiger charge is -2.12. The summed E-state index contributed by atoms with van der Waals surface area (Å²) < 4.78 is 42.3. The van der Waals surface area contributed by atoms with Crippen LogP contribution in [0.25, 0.3) is 22.4 Å². The Labute approximate surface area is 169 Å². The van der Waals surface area contributed by atoms with E-state index in [4.69, 9.17) is 4.98 Å². The molecule has 5 rings (SSSR count). The van der Waals surface area contributed by atoms with E-state index in [0.717, 1.165) is 35.8 Å². The number of benzene rings is 1. The summed E-state index contributed by atoms with van der Waals surface area (Å²) in [5, 5.41) is 2.98. The molecule has 1 aliphatic carbocycles. The number of imidazole rings is 1. The van der Waals surface area contributed by atoms with E-state index in [1.54, 1.807) is 12.1 Å². The van der Waals surface area contributed by atoms with Crippen molar-refractivity contribution in [2.45, 2.75) is 24.9 Å². The molecule has 0 radical (unpaired) electrons. The molecular weight excluding hydrogens is 393 g/mol. The van der Waals surface area contributed by atoms with Crippen LogP contribution in [0, 0.1) is 0 Å². The molecule has 30 heavy (non-hydrogen) atoms. The Hall–Kier alpha value is -3.49. The standard InChI is InChI=1S/C21H17F3N6/c1-30-16-5-4-14(10-15(16)27-20(30)13-2-3-13)26-18-11-17(21(22,23)24)28-19(29-18)12-6-8-25-9-7-12/h4-11,13H,2-3H2,1H3,(H,26,28,29). The Morgan fingerprint density at radius 1 is 1.00 bits per heavy atom. The van der Waals surface area contributed by atoms with E-state index in [0.29, 0.717) is 17.2 Å². The highest BCUT2D eigenvalue weighted by Gasteiger charge is 2.34. The summed E-state index contributed by atoms with van der Waals surface area (Å²) in [5.41, 5.74) is 1.83. The van der Waals surface area contributed by atoms with Gasteiger partial charge in [0.1, 0.15) is 11.6 Å². The van der Waals surface area contributed by atoms with Crippen LogP contribution in [0.15, 0.2) is 48.8 Å². The third-order valence-electron chi connectivity index (χ3n) is 5.09. The number of nitrogens with one attached hydrogen (secondary N) is 1. The molecule has 9 heteroatoms. The maximum absolute atomic E-state index is 13.4. The summed E-state index contributed by atoms with van der Waals surface area (Å²) in [7, 11) is 1.98. The average Bonchev–Trinajstić information content (AvgIpc) is 3.52. The van der Waals surface area contributed by atoms with Crippen LogP contribution in [0.4, 0.5) is 24.7 Å². The monoisotopic (exact) mass is 410 g/mol. The van der Waals surface area contributed by atoms with Crippen LogP contribution in [-0.2, 0) is 13.2 Å². The number of pyridine rings is 1. The van der Waals surface area contributed by atoms with Crippen molar-refractivity contribution < 1.29 is 13.2 Å². The van der Waals surface area contributed by atoms with E-state index in [1.807, 2.05) is 25.2 Å². The molecule has 0 saturated heterocycles. The summed E-state index contributed by atoms with van der Waals surface area (Å²) in [6.07, 6.45) is 0.657. The second-order valence-electron chi connectivity index (χ2n) is 7.33. The predicted octanol–water partition coefficient (Wildman–Crippen LogP) is 5.07. The van der Waals surface area contributed by atoms with Crippen LogP contribution in [0.3, 0.4) is 0 Å². The lowest BCUT2D eigenvalue weighted by atomic mass is 10.2. The molecule has 1 fully saturated rings. The van der Waals surface area contributed by atoms with Crippen LogP contribution in [0.2, 0.25) is 0 Å². The topological polar surface area (TPSA) is 68.5 Å². The van der Waals surface area contributed by atoms with Crippen LogP contribution in [-0.4, -0.2) is 24.5 Å². The van der Waals surface area contributed by atoms with Crippen molar-refractivity contribution in [2.75, 3.05) is 5.32 Å². The van der Waals surface area contributed by atoms with Crippen molar-refractivity contribution in [3.8, 4) is 11.4 Å². The number of hydrogen-bond acceptors (Lipinski definition) is 5. The van der Waals surface area contributed by atoms with Crippen LogP contribution >= 0.6 is 0 Å². The SMILES string of the molecule is Cn1c(C2CC2)nc2cc(Nc3cc(C(F)(F)F)nc(-c4ccncc4)n3)ccc21. The molecule has 0 bridgehead atoms. The summed E-state index contributed by atoms with van der Waals surface area (Å²) in [6, 6.07) is 9.58. The molecule has 0 spiro atoms. The molecular formula is C21H17F3N6. The molecule has 3 aromatic heterocycles. The largest absolute Gasteiger partial charge is 0.433 e. The Bertz CT molecular complexity index is 1230. The van der Waals surface area contributed by atoms with Gasteiger partial charge in [-0.1, -0.05) is 0 Å². The Balaban J connectivity index is 1.53. The van der Waals surface area contributed by atoms with Gasteiger partial charge in [0.2, 0.25) is 0 Å². The first kappa shape index (κ1) is 18.5. The van der Waals surface area contributed by atoms with Gasteiger partial charge in [0.15, 0.2) is 11.5 Å². The van der Waals surface area contributed by atoms with Crippen molar-refractivity contribution in [3.63, 3.8) is 0 Å². The van der Waals surface area contributed by atoms with Gasteiger partial charge in [-0.2, -0.15) is 13.2 Å². The van der Waals surface area contributed by atoms with E-state index in [-0.39, 0.29) is 11.6 Å². The van der Waals surface area contributed by atoms with Gasteiger partial charge >= 0.3 is 6.18 Å². The number of anilines is 2. The number of rotatable bonds is 4. The number of nitrogens with zero attached hydrogens (tertiary/aromatic N) is 5. The van der Waals surface area contributed by atoms with E-state index in [2.05, 4.69) is 24.8 Å². The number of aryl methyl sites for hydroxylation is 1. The van der Waals surface area contributed by atoms with Gasteiger partial charge in [0, 0.05) is 42.7 Å². The molecule has 0 atom stereocenters. The van der Waals surface area contributed by atoms with E-state index < -0.39 is 11.9 Å². The fourth-order valence-corrected chi connectivity index (χ4v) is 3.44. The second kappa shape index (κ2) is 6.79. The van der Waals surface area contributed by atoms with Crippen molar-refractivity contribution in [1.82, 2.24) is 24.5 Å². The van der Waals surface area contributed by atoms with Gasteiger partial charge in [-0.25, -0.2) is 15.0 Å². The molecule has 0 unspecified atom stereocenters.